The predicted molar refractivity (Wildman–Crippen MR) is 115 cm³/mol. The van der Waals surface area contributed by atoms with Gasteiger partial charge in [-0.1, -0.05) is 43.7 Å². The summed E-state index contributed by atoms with van der Waals surface area (Å²) < 4.78 is 0. The molecule has 1 amide bonds. The first-order valence-corrected chi connectivity index (χ1v) is 10.4. The molecule has 1 atom stereocenters. The Morgan fingerprint density at radius 2 is 1.75 bits per heavy atom. The van der Waals surface area contributed by atoms with E-state index in [0.29, 0.717) is 13.1 Å². The molecule has 2 aromatic rings. The molecule has 0 bridgehead atoms. The third-order valence-electron chi connectivity index (χ3n) is 5.82. The molecule has 0 radical (unpaired) electrons. The Bertz CT molecular complexity index is 737. The number of hydrogen-bond acceptors (Lipinski definition) is 3. The van der Waals surface area contributed by atoms with Crippen LogP contribution in [0.4, 0.5) is 5.69 Å². The summed E-state index contributed by atoms with van der Waals surface area (Å²) in [7, 11) is 2.09. The van der Waals surface area contributed by atoms with Crippen molar-refractivity contribution < 1.29 is 9.90 Å². The zero-order valence-electron chi connectivity index (χ0n) is 17.1. The van der Waals surface area contributed by atoms with E-state index >= 15 is 0 Å². The maximum atomic E-state index is 12.8. The van der Waals surface area contributed by atoms with Crippen LogP contribution in [0.25, 0.3) is 0 Å². The summed E-state index contributed by atoms with van der Waals surface area (Å²) in [5.74, 6) is 0.302. The topological polar surface area (TPSA) is 43.8 Å². The second-order valence-electron chi connectivity index (χ2n) is 7.81. The fraction of sp³-hybridized carbons (Fsp3) is 0.458. The molecule has 0 saturated carbocycles. The number of likely N-dealkylation sites (tertiary alicyclic amines) is 1. The highest BCUT2D eigenvalue weighted by molar-refractivity contribution is 5.94. The van der Waals surface area contributed by atoms with E-state index in [2.05, 4.69) is 18.9 Å². The molecule has 0 aliphatic carbocycles. The number of benzene rings is 2. The number of rotatable bonds is 7. The summed E-state index contributed by atoms with van der Waals surface area (Å²) in [5.41, 5.74) is 2.86. The number of unbranched alkanes of at least 4 members (excludes halogenated alkanes) is 1. The number of carbonyl (C=O) groups is 1. The average Bonchev–Trinajstić information content (AvgIpc) is 2.77. The molecule has 1 unspecified atom stereocenters. The third kappa shape index (κ3) is 4.93. The third-order valence-corrected chi connectivity index (χ3v) is 5.82. The van der Waals surface area contributed by atoms with Crippen molar-refractivity contribution in [2.24, 2.45) is 5.92 Å². The van der Waals surface area contributed by atoms with E-state index in [9.17, 15) is 9.90 Å². The van der Waals surface area contributed by atoms with Crippen molar-refractivity contribution in [1.82, 2.24) is 4.90 Å². The molecule has 1 aliphatic rings. The molecule has 28 heavy (non-hydrogen) atoms. The van der Waals surface area contributed by atoms with E-state index in [1.165, 1.54) is 12.8 Å². The molecule has 1 N–H and O–H groups in total. The lowest BCUT2D eigenvalue weighted by Gasteiger charge is -2.34. The number of amides is 1. The first kappa shape index (κ1) is 20.4. The van der Waals surface area contributed by atoms with Gasteiger partial charge in [-0.05, 0) is 55.0 Å². The molecule has 4 heteroatoms. The molecular formula is C24H32N2O2. The molecular weight excluding hydrogens is 348 g/mol. The van der Waals surface area contributed by atoms with Gasteiger partial charge in [0.2, 0.25) is 0 Å². The van der Waals surface area contributed by atoms with E-state index in [1.807, 2.05) is 59.5 Å². The maximum absolute atomic E-state index is 12.8. The van der Waals surface area contributed by atoms with Crippen molar-refractivity contribution in [3.8, 4) is 0 Å². The van der Waals surface area contributed by atoms with Gasteiger partial charge in [0, 0.05) is 37.9 Å². The highest BCUT2D eigenvalue weighted by Gasteiger charge is 2.28. The van der Waals surface area contributed by atoms with Gasteiger partial charge < -0.3 is 14.9 Å². The molecule has 0 spiro atoms. The van der Waals surface area contributed by atoms with Crippen LogP contribution >= 0.6 is 0 Å². The molecule has 3 rings (SSSR count). The summed E-state index contributed by atoms with van der Waals surface area (Å²) >= 11 is 0. The first-order chi connectivity index (χ1) is 13.6. The van der Waals surface area contributed by atoms with Crippen molar-refractivity contribution in [2.45, 2.75) is 38.7 Å². The number of hydrogen-bond donors (Lipinski definition) is 1. The Kier molecular flexibility index (Phi) is 7.10. The molecule has 1 heterocycles. The van der Waals surface area contributed by atoms with Crippen LogP contribution in [0, 0.1) is 5.92 Å². The molecule has 1 fully saturated rings. The Hall–Kier alpha value is -2.33. The minimum Gasteiger partial charge on any atom is -0.388 e. The van der Waals surface area contributed by atoms with Crippen molar-refractivity contribution in [2.75, 3.05) is 31.6 Å². The summed E-state index contributed by atoms with van der Waals surface area (Å²) in [5, 5.41) is 10.6. The highest BCUT2D eigenvalue weighted by atomic mass is 16.3. The standard InChI is InChI=1S/C24H32N2O2/c1-3-4-16-25(2)22-12-10-21(11-13-22)24(28)26-17-14-20(15-18-26)23(27)19-8-6-5-7-9-19/h5-13,20,23,27H,3-4,14-18H2,1-2H3. The Labute approximate surface area is 168 Å². The summed E-state index contributed by atoms with van der Waals surface area (Å²) in [6.45, 7) is 4.62. The van der Waals surface area contributed by atoms with Gasteiger partial charge in [-0.15, -0.1) is 0 Å². The highest BCUT2D eigenvalue weighted by Crippen LogP contribution is 2.31. The van der Waals surface area contributed by atoms with Crippen LogP contribution in [0.1, 0.15) is 54.6 Å². The van der Waals surface area contributed by atoms with E-state index < -0.39 is 6.10 Å². The summed E-state index contributed by atoms with van der Waals surface area (Å²) in [4.78, 5) is 17.0. The van der Waals surface area contributed by atoms with Gasteiger partial charge in [0.05, 0.1) is 6.10 Å². The lowest BCUT2D eigenvalue weighted by Crippen LogP contribution is -2.39. The second-order valence-corrected chi connectivity index (χ2v) is 7.81. The zero-order chi connectivity index (χ0) is 19.9. The lowest BCUT2D eigenvalue weighted by atomic mass is 9.87. The molecule has 4 nitrogen and oxygen atoms in total. The number of anilines is 1. The van der Waals surface area contributed by atoms with Crippen LogP contribution in [-0.4, -0.2) is 42.6 Å². The number of carbonyl (C=O) groups excluding carboxylic acids is 1. The van der Waals surface area contributed by atoms with Crippen molar-refractivity contribution in [1.29, 1.82) is 0 Å². The van der Waals surface area contributed by atoms with Crippen LogP contribution in [0.5, 0.6) is 0 Å². The van der Waals surface area contributed by atoms with E-state index in [0.717, 1.165) is 36.2 Å². The van der Waals surface area contributed by atoms with Gasteiger partial charge in [0.15, 0.2) is 0 Å². The lowest BCUT2D eigenvalue weighted by molar-refractivity contribution is 0.0462. The monoisotopic (exact) mass is 380 g/mol. The predicted octanol–water partition coefficient (Wildman–Crippen LogP) is 4.51. The Morgan fingerprint density at radius 3 is 2.36 bits per heavy atom. The maximum Gasteiger partial charge on any atom is 0.253 e. The summed E-state index contributed by atoms with van der Waals surface area (Å²) in [6, 6.07) is 17.8. The number of aliphatic hydroxyl groups is 1. The van der Waals surface area contributed by atoms with Crippen LogP contribution in [0.15, 0.2) is 54.6 Å². The molecule has 2 aromatic carbocycles. The van der Waals surface area contributed by atoms with Crippen molar-refractivity contribution in [3.63, 3.8) is 0 Å². The number of aliphatic hydroxyl groups excluding tert-OH is 1. The Morgan fingerprint density at radius 1 is 1.11 bits per heavy atom. The van der Waals surface area contributed by atoms with Crippen LogP contribution in [0.3, 0.4) is 0 Å². The van der Waals surface area contributed by atoms with E-state index in [1.54, 1.807) is 0 Å². The average molecular weight is 381 g/mol. The second kappa shape index (κ2) is 9.74. The van der Waals surface area contributed by atoms with Crippen molar-refractivity contribution >= 4 is 11.6 Å². The SMILES string of the molecule is CCCCN(C)c1ccc(C(=O)N2CCC(C(O)c3ccccc3)CC2)cc1. The van der Waals surface area contributed by atoms with Gasteiger partial charge in [0.25, 0.3) is 5.91 Å². The molecule has 0 aromatic heterocycles. The van der Waals surface area contributed by atoms with Crippen LogP contribution in [-0.2, 0) is 0 Å². The largest absolute Gasteiger partial charge is 0.388 e. The zero-order valence-corrected chi connectivity index (χ0v) is 17.1. The van der Waals surface area contributed by atoms with E-state index in [4.69, 9.17) is 0 Å². The normalized spacial score (nSPS) is 16.0. The quantitative estimate of drug-likeness (QED) is 0.769. The molecule has 1 saturated heterocycles. The van der Waals surface area contributed by atoms with Gasteiger partial charge in [-0.2, -0.15) is 0 Å². The summed E-state index contributed by atoms with van der Waals surface area (Å²) in [6.07, 6.45) is 3.56. The Balaban J connectivity index is 1.55. The van der Waals surface area contributed by atoms with Gasteiger partial charge in [0.1, 0.15) is 0 Å². The van der Waals surface area contributed by atoms with E-state index in [-0.39, 0.29) is 11.8 Å². The molecule has 150 valence electrons. The van der Waals surface area contributed by atoms with Gasteiger partial charge >= 0.3 is 0 Å². The van der Waals surface area contributed by atoms with Gasteiger partial charge in [-0.25, -0.2) is 0 Å². The van der Waals surface area contributed by atoms with Crippen molar-refractivity contribution in [3.05, 3.63) is 65.7 Å². The van der Waals surface area contributed by atoms with Crippen LogP contribution in [0.2, 0.25) is 0 Å². The minimum absolute atomic E-state index is 0.0930. The van der Waals surface area contributed by atoms with Crippen LogP contribution < -0.4 is 4.90 Å². The number of piperidine rings is 1. The number of nitrogens with zero attached hydrogens (tertiary/aromatic N) is 2. The first-order valence-electron chi connectivity index (χ1n) is 10.4. The minimum atomic E-state index is -0.448. The fourth-order valence-corrected chi connectivity index (χ4v) is 3.91. The molecule has 1 aliphatic heterocycles. The smallest absolute Gasteiger partial charge is 0.253 e. The fourth-order valence-electron chi connectivity index (χ4n) is 3.91. The van der Waals surface area contributed by atoms with Gasteiger partial charge in [-0.3, -0.25) is 4.79 Å².